The number of aryl methyl sites for hydroxylation is 1. The first kappa shape index (κ1) is 21.8. The average molecular weight is 429 g/mol. The van der Waals surface area contributed by atoms with Crippen molar-refractivity contribution in [2.45, 2.75) is 32.6 Å². The van der Waals surface area contributed by atoms with Gasteiger partial charge in [0.25, 0.3) is 0 Å². The first-order chi connectivity index (χ1) is 15.7. The summed E-state index contributed by atoms with van der Waals surface area (Å²) in [6.07, 6.45) is 4.73. The lowest BCUT2D eigenvalue weighted by Crippen LogP contribution is -2.32. The van der Waals surface area contributed by atoms with E-state index in [2.05, 4.69) is 23.2 Å². The largest absolute Gasteiger partial charge is 0.341 e. The third kappa shape index (κ3) is 5.82. The van der Waals surface area contributed by atoms with Crippen LogP contribution in [0.5, 0.6) is 0 Å². The Bertz CT molecular complexity index is 1070. The van der Waals surface area contributed by atoms with Gasteiger partial charge in [0.2, 0.25) is 5.96 Å². The SMILES string of the molecule is Cc1ccccc1/C(=N/C(=Nc1ccccc1)N1CCCCCC1)Nc1ccc(F)cc1. The Kier molecular flexibility index (Phi) is 7.28. The van der Waals surface area contributed by atoms with Gasteiger partial charge in [0.05, 0.1) is 5.69 Å². The zero-order valence-electron chi connectivity index (χ0n) is 18.5. The summed E-state index contributed by atoms with van der Waals surface area (Å²) in [5, 5.41) is 3.41. The number of benzene rings is 3. The first-order valence-electron chi connectivity index (χ1n) is 11.2. The van der Waals surface area contributed by atoms with Crippen molar-refractivity contribution in [1.82, 2.24) is 4.90 Å². The summed E-state index contributed by atoms with van der Waals surface area (Å²) in [5.74, 6) is 1.14. The molecule has 164 valence electrons. The predicted molar refractivity (Wildman–Crippen MR) is 131 cm³/mol. The molecule has 0 bridgehead atoms. The number of guanidine groups is 1. The van der Waals surface area contributed by atoms with Crippen LogP contribution in [0.25, 0.3) is 0 Å². The molecule has 1 aliphatic heterocycles. The highest BCUT2D eigenvalue weighted by atomic mass is 19.1. The maximum Gasteiger partial charge on any atom is 0.227 e. The zero-order valence-corrected chi connectivity index (χ0v) is 18.5. The summed E-state index contributed by atoms with van der Waals surface area (Å²) in [6, 6.07) is 24.4. The highest BCUT2D eigenvalue weighted by molar-refractivity contribution is 6.14. The quantitative estimate of drug-likeness (QED) is 0.379. The normalized spacial score (nSPS) is 15.4. The monoisotopic (exact) mass is 428 g/mol. The molecule has 1 fully saturated rings. The van der Waals surface area contributed by atoms with Crippen molar-refractivity contribution in [3.8, 4) is 0 Å². The average Bonchev–Trinajstić information content (AvgIpc) is 3.10. The molecule has 0 spiro atoms. The second-order valence-electron chi connectivity index (χ2n) is 8.06. The highest BCUT2D eigenvalue weighted by Gasteiger charge is 2.16. The molecule has 1 heterocycles. The molecule has 0 unspecified atom stereocenters. The van der Waals surface area contributed by atoms with Crippen LogP contribution >= 0.6 is 0 Å². The fourth-order valence-electron chi connectivity index (χ4n) is 3.82. The summed E-state index contributed by atoms with van der Waals surface area (Å²) in [6.45, 7) is 3.94. The molecule has 4 rings (SSSR count). The molecule has 0 atom stereocenters. The van der Waals surface area contributed by atoms with Crippen LogP contribution in [0, 0.1) is 12.7 Å². The predicted octanol–water partition coefficient (Wildman–Crippen LogP) is 6.56. The van der Waals surface area contributed by atoms with Crippen molar-refractivity contribution in [3.05, 3.63) is 95.8 Å². The number of nitrogens with zero attached hydrogens (tertiary/aromatic N) is 3. The smallest absolute Gasteiger partial charge is 0.227 e. The van der Waals surface area contributed by atoms with Crippen molar-refractivity contribution in [1.29, 1.82) is 0 Å². The Morgan fingerprint density at radius 3 is 2.16 bits per heavy atom. The minimum absolute atomic E-state index is 0.263. The number of hydrogen-bond acceptors (Lipinski definition) is 1. The van der Waals surface area contributed by atoms with Crippen LogP contribution in [0.1, 0.15) is 36.8 Å². The molecule has 1 aliphatic rings. The third-order valence-electron chi connectivity index (χ3n) is 5.59. The maximum absolute atomic E-state index is 13.5. The molecular weight excluding hydrogens is 399 g/mol. The van der Waals surface area contributed by atoms with E-state index in [-0.39, 0.29) is 5.82 Å². The van der Waals surface area contributed by atoms with Crippen molar-refractivity contribution in [2.75, 3.05) is 18.4 Å². The number of nitrogens with one attached hydrogen (secondary N) is 1. The van der Waals surface area contributed by atoms with E-state index in [0.29, 0.717) is 11.8 Å². The van der Waals surface area contributed by atoms with E-state index in [9.17, 15) is 4.39 Å². The molecule has 0 aliphatic carbocycles. The van der Waals surface area contributed by atoms with Crippen LogP contribution in [-0.4, -0.2) is 29.8 Å². The lowest BCUT2D eigenvalue weighted by atomic mass is 10.1. The number of rotatable bonds is 3. The van der Waals surface area contributed by atoms with Crippen LogP contribution in [0.2, 0.25) is 0 Å². The van der Waals surface area contributed by atoms with Gasteiger partial charge in [-0.25, -0.2) is 9.38 Å². The summed E-state index contributed by atoms with van der Waals surface area (Å²) in [5.41, 5.74) is 3.76. The molecule has 1 N–H and O–H groups in total. The number of para-hydroxylation sites is 1. The van der Waals surface area contributed by atoms with Gasteiger partial charge in [-0.3, -0.25) is 0 Å². The van der Waals surface area contributed by atoms with Gasteiger partial charge in [0, 0.05) is 24.3 Å². The van der Waals surface area contributed by atoms with Crippen molar-refractivity contribution in [2.24, 2.45) is 9.98 Å². The summed E-state index contributed by atoms with van der Waals surface area (Å²) in [4.78, 5) is 12.3. The van der Waals surface area contributed by atoms with E-state index in [4.69, 9.17) is 9.98 Å². The molecule has 3 aromatic carbocycles. The number of hydrogen-bond donors (Lipinski definition) is 1. The third-order valence-corrected chi connectivity index (χ3v) is 5.59. The number of likely N-dealkylation sites (tertiary alicyclic amines) is 1. The fraction of sp³-hybridized carbons (Fsp3) is 0.259. The molecular formula is C27H29FN4. The van der Waals surface area contributed by atoms with Crippen LogP contribution in [-0.2, 0) is 0 Å². The topological polar surface area (TPSA) is 40.0 Å². The molecule has 32 heavy (non-hydrogen) atoms. The molecule has 4 nitrogen and oxygen atoms in total. The summed E-state index contributed by atoms with van der Waals surface area (Å²) in [7, 11) is 0. The summed E-state index contributed by atoms with van der Waals surface area (Å²) >= 11 is 0. The van der Waals surface area contributed by atoms with Crippen LogP contribution in [0.15, 0.2) is 88.8 Å². The molecule has 1 saturated heterocycles. The Morgan fingerprint density at radius 1 is 0.812 bits per heavy atom. The van der Waals surface area contributed by atoms with Gasteiger partial charge in [-0.15, -0.1) is 0 Å². The highest BCUT2D eigenvalue weighted by Crippen LogP contribution is 2.19. The lowest BCUT2D eigenvalue weighted by Gasteiger charge is -2.23. The van der Waals surface area contributed by atoms with E-state index >= 15 is 0 Å². The number of anilines is 1. The molecule has 0 aromatic heterocycles. The van der Waals surface area contributed by atoms with Gasteiger partial charge in [-0.2, -0.15) is 4.99 Å². The Labute approximate surface area is 189 Å². The number of aliphatic imine (C=N–C) groups is 2. The van der Waals surface area contributed by atoms with E-state index in [0.717, 1.165) is 48.4 Å². The first-order valence-corrected chi connectivity index (χ1v) is 11.2. The molecule has 3 aromatic rings. The van der Waals surface area contributed by atoms with Crippen LogP contribution < -0.4 is 5.32 Å². The number of halogens is 1. The van der Waals surface area contributed by atoms with Crippen molar-refractivity contribution in [3.63, 3.8) is 0 Å². The van der Waals surface area contributed by atoms with Crippen molar-refractivity contribution >= 4 is 23.2 Å². The van der Waals surface area contributed by atoms with E-state index in [1.54, 1.807) is 12.1 Å². The van der Waals surface area contributed by atoms with E-state index in [1.807, 2.05) is 48.5 Å². The molecule has 0 saturated carbocycles. The van der Waals surface area contributed by atoms with Crippen LogP contribution in [0.4, 0.5) is 15.8 Å². The molecule has 0 radical (unpaired) electrons. The maximum atomic E-state index is 13.5. The minimum atomic E-state index is -0.263. The molecule has 0 amide bonds. The van der Waals surface area contributed by atoms with Gasteiger partial charge in [-0.05, 0) is 61.7 Å². The Morgan fingerprint density at radius 2 is 1.47 bits per heavy atom. The van der Waals surface area contributed by atoms with Gasteiger partial charge >= 0.3 is 0 Å². The van der Waals surface area contributed by atoms with Gasteiger partial charge < -0.3 is 10.2 Å². The zero-order chi connectivity index (χ0) is 22.2. The Balaban J connectivity index is 1.79. The van der Waals surface area contributed by atoms with Gasteiger partial charge in [-0.1, -0.05) is 55.3 Å². The van der Waals surface area contributed by atoms with Gasteiger partial charge in [0.1, 0.15) is 11.7 Å². The lowest BCUT2D eigenvalue weighted by molar-refractivity contribution is 0.431. The van der Waals surface area contributed by atoms with E-state index < -0.39 is 0 Å². The van der Waals surface area contributed by atoms with Gasteiger partial charge in [0.15, 0.2) is 0 Å². The Hall–Kier alpha value is -3.47. The standard InChI is InChI=1S/C27H29FN4/c1-21-11-7-8-14-25(21)26(29-24-17-15-22(28)16-18-24)31-27(30-23-12-5-4-6-13-23)32-19-9-2-3-10-20-32/h4-8,11-18H,2-3,9-10,19-20H2,1H3,(H,29,30,31). The molecule has 5 heteroatoms. The summed E-state index contributed by atoms with van der Waals surface area (Å²) < 4.78 is 13.5. The van der Waals surface area contributed by atoms with Crippen molar-refractivity contribution < 1.29 is 4.39 Å². The minimum Gasteiger partial charge on any atom is -0.341 e. The fourth-order valence-corrected chi connectivity index (χ4v) is 3.82. The number of amidine groups is 1. The van der Waals surface area contributed by atoms with E-state index in [1.165, 1.54) is 25.0 Å². The van der Waals surface area contributed by atoms with Crippen LogP contribution in [0.3, 0.4) is 0 Å². The second-order valence-corrected chi connectivity index (χ2v) is 8.06. The second kappa shape index (κ2) is 10.7.